The number of methoxy groups -OCH3 is 2. The van der Waals surface area contributed by atoms with Crippen LogP contribution >= 0.6 is 23.1 Å². The number of carboxylic acids is 1. The molecular weight excluding hydrogens is 492 g/mol. The van der Waals surface area contributed by atoms with E-state index in [4.69, 9.17) is 14.6 Å². The van der Waals surface area contributed by atoms with E-state index in [1.807, 2.05) is 18.2 Å². The van der Waals surface area contributed by atoms with Crippen molar-refractivity contribution in [2.45, 2.75) is 29.0 Å². The van der Waals surface area contributed by atoms with Crippen molar-refractivity contribution in [2.24, 2.45) is 29.6 Å². The van der Waals surface area contributed by atoms with Crippen molar-refractivity contribution < 1.29 is 29.0 Å². The minimum Gasteiger partial charge on any atom is -0.493 e. The highest BCUT2D eigenvalue weighted by atomic mass is 32.2. The third kappa shape index (κ3) is 3.20. The van der Waals surface area contributed by atoms with Gasteiger partial charge in [-0.1, -0.05) is 17.4 Å². The number of thiazole rings is 1. The van der Waals surface area contributed by atoms with E-state index in [0.29, 0.717) is 11.5 Å². The number of ether oxygens (including phenoxy) is 2. The Labute approximate surface area is 208 Å². The van der Waals surface area contributed by atoms with E-state index in [1.54, 1.807) is 26.0 Å². The monoisotopic (exact) mass is 516 g/mol. The minimum atomic E-state index is -1.03. The fourth-order valence-electron chi connectivity index (χ4n) is 6.93. The average molecular weight is 517 g/mol. The quantitative estimate of drug-likeness (QED) is 0.561. The summed E-state index contributed by atoms with van der Waals surface area (Å²) in [6, 6.07) is 5.78. The van der Waals surface area contributed by atoms with Crippen LogP contribution in [-0.2, 0) is 14.4 Å². The highest BCUT2D eigenvalue weighted by molar-refractivity contribution is 8.00. The smallest absolute Gasteiger partial charge is 0.305 e. The first-order chi connectivity index (χ1) is 16.8. The first kappa shape index (κ1) is 22.7. The van der Waals surface area contributed by atoms with Gasteiger partial charge in [-0.2, -0.15) is 0 Å². The fourth-order valence-corrected chi connectivity index (χ4v) is 9.81. The number of nitrogens with zero attached hydrogens (tertiary/aromatic N) is 1. The molecule has 3 heterocycles. The topological polar surface area (TPSA) is 126 Å². The van der Waals surface area contributed by atoms with Gasteiger partial charge in [0.05, 0.1) is 37.5 Å². The number of fused-ring (bicyclic) bond motifs is 9. The molecule has 1 aromatic carbocycles. The molecule has 2 N–H and O–H groups in total. The number of aliphatic carboxylic acids is 1. The predicted octanol–water partition coefficient (Wildman–Crippen LogP) is 2.40. The summed E-state index contributed by atoms with van der Waals surface area (Å²) in [4.78, 5) is 55.1. The molecule has 184 valence electrons. The number of thioether (sulfide) groups is 1. The molecule has 0 spiro atoms. The van der Waals surface area contributed by atoms with E-state index in [0.717, 1.165) is 21.9 Å². The number of hydrogen-bond donors (Lipinski definition) is 2. The molecule has 1 saturated heterocycles. The van der Waals surface area contributed by atoms with Crippen LogP contribution in [0.25, 0.3) is 0 Å². The number of carbonyl (C=O) groups excluding carboxylic acids is 2. The zero-order valence-electron chi connectivity index (χ0n) is 19.1. The van der Waals surface area contributed by atoms with Gasteiger partial charge in [0.25, 0.3) is 0 Å². The van der Waals surface area contributed by atoms with E-state index >= 15 is 0 Å². The molecule has 1 aromatic heterocycles. The Morgan fingerprint density at radius 3 is 2.51 bits per heavy atom. The van der Waals surface area contributed by atoms with E-state index < -0.39 is 17.8 Å². The lowest BCUT2D eigenvalue weighted by Gasteiger charge is -2.43. The molecule has 2 aliphatic heterocycles. The highest BCUT2D eigenvalue weighted by Crippen LogP contribution is 2.68. The summed E-state index contributed by atoms with van der Waals surface area (Å²) in [5.41, 5.74) is 0.984. The highest BCUT2D eigenvalue weighted by Gasteiger charge is 2.69. The number of H-pyrrole nitrogens is 1. The molecule has 9 nitrogen and oxygen atoms in total. The van der Waals surface area contributed by atoms with Crippen LogP contribution in [0.3, 0.4) is 0 Å². The number of imide groups is 1. The van der Waals surface area contributed by atoms with Gasteiger partial charge in [0.2, 0.25) is 11.8 Å². The minimum absolute atomic E-state index is 0.00507. The van der Waals surface area contributed by atoms with E-state index in [-0.39, 0.29) is 58.6 Å². The van der Waals surface area contributed by atoms with Crippen molar-refractivity contribution in [1.82, 2.24) is 9.88 Å². The van der Waals surface area contributed by atoms with E-state index in [9.17, 15) is 19.2 Å². The first-order valence-corrected chi connectivity index (χ1v) is 13.2. The summed E-state index contributed by atoms with van der Waals surface area (Å²) in [7, 11) is 3.16. The third-order valence-electron chi connectivity index (χ3n) is 8.13. The van der Waals surface area contributed by atoms with Gasteiger partial charge in [-0.15, -0.1) is 11.8 Å². The molecule has 2 bridgehead atoms. The Morgan fingerprint density at radius 1 is 1.11 bits per heavy atom. The maximum absolute atomic E-state index is 13.4. The molecule has 2 aromatic rings. The van der Waals surface area contributed by atoms with Gasteiger partial charge in [0.15, 0.2) is 11.5 Å². The summed E-state index contributed by atoms with van der Waals surface area (Å²) in [5, 5.41) is 9.99. The maximum Gasteiger partial charge on any atom is 0.305 e. The zero-order valence-corrected chi connectivity index (χ0v) is 20.7. The average Bonchev–Trinajstić information content (AvgIpc) is 3.56. The van der Waals surface area contributed by atoms with Gasteiger partial charge in [0.1, 0.15) is 0 Å². The van der Waals surface area contributed by atoms with Crippen LogP contribution in [-0.4, -0.2) is 58.8 Å². The number of nitrogens with one attached hydrogen (secondary N) is 1. The molecule has 2 aliphatic carbocycles. The Balaban J connectivity index is 1.42. The van der Waals surface area contributed by atoms with Gasteiger partial charge in [-0.05, 0) is 41.9 Å². The van der Waals surface area contributed by atoms with Gasteiger partial charge >= 0.3 is 10.8 Å². The van der Waals surface area contributed by atoms with Crippen molar-refractivity contribution >= 4 is 40.9 Å². The standard InChI is InChI=1S/C24H24N2O7S2/c1-32-12-4-3-9(7-13(12)33-2)15-16-10-8-11(19(16)34-21-20(15)35-24(31)25-21)18-17(10)22(29)26(23(18)30)6-5-14(27)28/h3-4,7,10-11,15-19H,5-6,8H2,1-2H3,(H,25,31)(H,27,28)/t10-,11+,15+,16+,17+,18-,19-/m1/s1. The zero-order chi connectivity index (χ0) is 24.6. The summed E-state index contributed by atoms with van der Waals surface area (Å²) < 4.78 is 11.0. The van der Waals surface area contributed by atoms with Crippen LogP contribution in [0.2, 0.25) is 0 Å². The van der Waals surface area contributed by atoms with Gasteiger partial charge in [0, 0.05) is 22.6 Å². The van der Waals surface area contributed by atoms with E-state index in [2.05, 4.69) is 4.98 Å². The summed E-state index contributed by atoms with van der Waals surface area (Å²) in [6.07, 6.45) is 0.533. The van der Waals surface area contributed by atoms with Crippen molar-refractivity contribution in [3.8, 4) is 11.5 Å². The van der Waals surface area contributed by atoms with Gasteiger partial charge in [-0.25, -0.2) is 0 Å². The lowest BCUT2D eigenvalue weighted by atomic mass is 9.68. The molecule has 0 radical (unpaired) electrons. The molecule has 3 fully saturated rings. The maximum atomic E-state index is 13.4. The molecule has 35 heavy (non-hydrogen) atoms. The number of benzene rings is 1. The Bertz CT molecular complexity index is 1300. The second-order valence-electron chi connectivity index (χ2n) is 9.55. The van der Waals surface area contributed by atoms with Crippen LogP contribution < -0.4 is 14.3 Å². The normalized spacial score (nSPS) is 32.4. The molecule has 2 saturated carbocycles. The number of likely N-dealkylation sites (tertiary alicyclic amines) is 1. The number of aromatic nitrogens is 1. The number of rotatable bonds is 6. The third-order valence-corrected chi connectivity index (χ3v) is 10.7. The number of carboxylic acid groups (broad SMARTS) is 1. The number of aromatic amines is 1. The summed E-state index contributed by atoms with van der Waals surface area (Å²) in [5.74, 6) is -1.20. The van der Waals surface area contributed by atoms with Crippen molar-refractivity contribution in [3.63, 3.8) is 0 Å². The molecule has 4 aliphatic rings. The molecule has 11 heteroatoms. The summed E-state index contributed by atoms with van der Waals surface area (Å²) >= 11 is 2.82. The largest absolute Gasteiger partial charge is 0.493 e. The number of carbonyl (C=O) groups is 3. The van der Waals surface area contributed by atoms with Gasteiger partial charge in [-0.3, -0.25) is 24.1 Å². The number of hydrogen-bond acceptors (Lipinski definition) is 8. The van der Waals surface area contributed by atoms with Crippen LogP contribution in [0, 0.1) is 29.6 Å². The SMILES string of the molecule is COc1ccc([C@@H]2c3sc(=O)[nH]c3S[C@@H]3[C@H]4C[C@@H]([C@@H]5C(=O)N(CCC(=O)O)C(=O)[C@H]45)[C@@H]23)cc1OC. The number of amides is 2. The van der Waals surface area contributed by atoms with Crippen LogP contribution in [0.15, 0.2) is 28.0 Å². The lowest BCUT2D eigenvalue weighted by molar-refractivity contribution is -0.142. The molecule has 7 atom stereocenters. The van der Waals surface area contributed by atoms with Crippen LogP contribution in [0.5, 0.6) is 11.5 Å². The van der Waals surface area contributed by atoms with Crippen molar-refractivity contribution in [2.75, 3.05) is 20.8 Å². The fraction of sp³-hybridized carbons (Fsp3) is 0.500. The molecule has 6 rings (SSSR count). The van der Waals surface area contributed by atoms with E-state index in [1.165, 1.54) is 16.2 Å². The van der Waals surface area contributed by atoms with Crippen LogP contribution in [0.1, 0.15) is 29.2 Å². The van der Waals surface area contributed by atoms with Gasteiger partial charge < -0.3 is 19.6 Å². The van der Waals surface area contributed by atoms with Crippen LogP contribution in [0.4, 0.5) is 0 Å². The second kappa shape index (κ2) is 8.12. The Morgan fingerprint density at radius 2 is 1.83 bits per heavy atom. The Hall–Kier alpha value is -2.79. The lowest BCUT2D eigenvalue weighted by Crippen LogP contribution is -2.42. The molecule has 0 unspecified atom stereocenters. The predicted molar refractivity (Wildman–Crippen MR) is 127 cm³/mol. The van der Waals surface area contributed by atoms with Crippen molar-refractivity contribution in [3.05, 3.63) is 38.3 Å². The first-order valence-electron chi connectivity index (χ1n) is 11.5. The Kier molecular flexibility index (Phi) is 5.26. The second-order valence-corrected chi connectivity index (χ2v) is 11.7. The molecule has 2 amide bonds. The summed E-state index contributed by atoms with van der Waals surface area (Å²) in [6.45, 7) is -0.0817. The van der Waals surface area contributed by atoms with Crippen molar-refractivity contribution in [1.29, 1.82) is 0 Å². The molecular formula is C24H24N2O7S2.